The normalized spacial score (nSPS) is 11.9. The van der Waals surface area contributed by atoms with Crippen LogP contribution in [0.3, 0.4) is 0 Å². The summed E-state index contributed by atoms with van der Waals surface area (Å²) in [6, 6.07) is 5.45. The van der Waals surface area contributed by atoms with Gasteiger partial charge in [-0.25, -0.2) is 0 Å². The van der Waals surface area contributed by atoms with E-state index in [1.165, 1.54) is 19.2 Å². The number of rotatable bonds is 7. The molecule has 0 aliphatic rings. The third kappa shape index (κ3) is 5.02. The number of methoxy groups -OCH3 is 1. The molecule has 0 saturated carbocycles. The number of nitro groups is 1. The first-order valence-electron chi connectivity index (χ1n) is 5.80. The van der Waals surface area contributed by atoms with Crippen LogP contribution in [0.25, 0.3) is 0 Å². The average molecular weight is 267 g/mol. The molecule has 3 N–H and O–H groups in total. The third-order valence-corrected chi connectivity index (χ3v) is 2.56. The van der Waals surface area contributed by atoms with Gasteiger partial charge in [-0.2, -0.15) is 0 Å². The number of carbonyl (C=O) groups excluding carboxylic acids is 1. The summed E-state index contributed by atoms with van der Waals surface area (Å²) in [5.74, 6) is -0.302. The summed E-state index contributed by atoms with van der Waals surface area (Å²) in [5, 5.41) is 13.2. The summed E-state index contributed by atoms with van der Waals surface area (Å²) in [5.41, 5.74) is 6.30. The van der Waals surface area contributed by atoms with Crippen molar-refractivity contribution in [2.75, 3.05) is 13.7 Å². The van der Waals surface area contributed by atoms with Crippen LogP contribution >= 0.6 is 0 Å². The van der Waals surface area contributed by atoms with Gasteiger partial charge in [0.2, 0.25) is 5.91 Å². The van der Waals surface area contributed by atoms with Crippen LogP contribution in [-0.4, -0.2) is 30.6 Å². The van der Waals surface area contributed by atoms with Crippen LogP contribution < -0.4 is 11.1 Å². The number of hydrogen-bond donors (Lipinski definition) is 2. The van der Waals surface area contributed by atoms with E-state index in [1.54, 1.807) is 12.1 Å². The molecule has 0 saturated heterocycles. The lowest BCUT2D eigenvalue weighted by Gasteiger charge is -2.11. The highest BCUT2D eigenvalue weighted by atomic mass is 16.6. The van der Waals surface area contributed by atoms with E-state index >= 15 is 0 Å². The van der Waals surface area contributed by atoms with Crippen molar-refractivity contribution in [2.45, 2.75) is 19.0 Å². The lowest BCUT2D eigenvalue weighted by molar-refractivity contribution is -0.384. The van der Waals surface area contributed by atoms with Crippen molar-refractivity contribution in [2.24, 2.45) is 5.73 Å². The molecular weight excluding hydrogens is 250 g/mol. The second-order valence-corrected chi connectivity index (χ2v) is 4.03. The Hall–Kier alpha value is -1.99. The molecule has 0 aliphatic carbocycles. The molecule has 1 rings (SSSR count). The van der Waals surface area contributed by atoms with Crippen molar-refractivity contribution in [3.05, 3.63) is 39.9 Å². The first-order valence-corrected chi connectivity index (χ1v) is 5.80. The van der Waals surface area contributed by atoms with Crippen molar-refractivity contribution < 1.29 is 14.5 Å². The number of benzene rings is 1. The Labute approximate surface area is 110 Å². The molecule has 7 nitrogen and oxygen atoms in total. The minimum absolute atomic E-state index is 0.00423. The lowest BCUT2D eigenvalue weighted by atomic mass is 10.2. The SMILES string of the molecule is COCCC(N)C(=O)NCc1cccc([N+](=O)[O-])c1. The quantitative estimate of drug-likeness (QED) is 0.555. The van der Waals surface area contributed by atoms with E-state index < -0.39 is 11.0 Å². The number of nitrogens with zero attached hydrogens (tertiary/aromatic N) is 1. The summed E-state index contributed by atoms with van der Waals surface area (Å²) >= 11 is 0. The van der Waals surface area contributed by atoms with Gasteiger partial charge in [-0.05, 0) is 12.0 Å². The van der Waals surface area contributed by atoms with E-state index in [2.05, 4.69) is 5.32 Å². The Morgan fingerprint density at radius 3 is 2.95 bits per heavy atom. The second-order valence-electron chi connectivity index (χ2n) is 4.03. The fourth-order valence-electron chi connectivity index (χ4n) is 1.48. The topological polar surface area (TPSA) is 107 Å². The van der Waals surface area contributed by atoms with Crippen molar-refractivity contribution in [1.29, 1.82) is 0 Å². The van der Waals surface area contributed by atoms with Crippen LogP contribution in [0.5, 0.6) is 0 Å². The molecule has 1 aromatic rings. The van der Waals surface area contributed by atoms with Gasteiger partial charge in [0, 0.05) is 32.4 Å². The van der Waals surface area contributed by atoms with Crippen molar-refractivity contribution in [1.82, 2.24) is 5.32 Å². The van der Waals surface area contributed by atoms with E-state index in [9.17, 15) is 14.9 Å². The minimum atomic E-state index is -0.640. The molecule has 0 fully saturated rings. The number of hydrogen-bond acceptors (Lipinski definition) is 5. The molecule has 0 bridgehead atoms. The van der Waals surface area contributed by atoms with Gasteiger partial charge in [-0.15, -0.1) is 0 Å². The summed E-state index contributed by atoms with van der Waals surface area (Å²) < 4.78 is 4.83. The fourth-order valence-corrected chi connectivity index (χ4v) is 1.48. The molecule has 7 heteroatoms. The van der Waals surface area contributed by atoms with Gasteiger partial charge in [0.25, 0.3) is 5.69 Å². The number of carbonyl (C=O) groups is 1. The number of ether oxygens (including phenoxy) is 1. The molecule has 0 radical (unpaired) electrons. The molecule has 1 amide bonds. The summed E-state index contributed by atoms with van der Waals surface area (Å²) in [4.78, 5) is 21.7. The van der Waals surface area contributed by atoms with E-state index in [-0.39, 0.29) is 18.1 Å². The van der Waals surface area contributed by atoms with E-state index in [1.807, 2.05) is 0 Å². The maximum atomic E-state index is 11.6. The van der Waals surface area contributed by atoms with Gasteiger partial charge >= 0.3 is 0 Å². The van der Waals surface area contributed by atoms with E-state index in [4.69, 9.17) is 10.5 Å². The van der Waals surface area contributed by atoms with Gasteiger partial charge < -0.3 is 15.8 Å². The highest BCUT2D eigenvalue weighted by molar-refractivity contribution is 5.81. The average Bonchev–Trinajstić information content (AvgIpc) is 2.42. The Bertz CT molecular complexity index is 450. The Morgan fingerprint density at radius 1 is 1.58 bits per heavy atom. The fraction of sp³-hybridized carbons (Fsp3) is 0.417. The van der Waals surface area contributed by atoms with Crippen LogP contribution in [0.1, 0.15) is 12.0 Å². The van der Waals surface area contributed by atoms with Crippen LogP contribution in [0.15, 0.2) is 24.3 Å². The van der Waals surface area contributed by atoms with Gasteiger partial charge in [0.15, 0.2) is 0 Å². The Morgan fingerprint density at radius 2 is 2.32 bits per heavy atom. The summed E-state index contributed by atoms with van der Waals surface area (Å²) in [6.07, 6.45) is 0.428. The van der Waals surface area contributed by atoms with Crippen LogP contribution in [0, 0.1) is 10.1 Å². The zero-order valence-electron chi connectivity index (χ0n) is 10.7. The minimum Gasteiger partial charge on any atom is -0.385 e. The molecule has 1 aromatic carbocycles. The van der Waals surface area contributed by atoms with E-state index in [0.29, 0.717) is 18.6 Å². The molecular formula is C12H17N3O4. The van der Waals surface area contributed by atoms with Crippen molar-refractivity contribution in [3.8, 4) is 0 Å². The summed E-state index contributed by atoms with van der Waals surface area (Å²) in [6.45, 7) is 0.618. The maximum absolute atomic E-state index is 11.6. The second kappa shape index (κ2) is 7.45. The molecule has 0 aliphatic heterocycles. The molecule has 0 spiro atoms. The molecule has 104 valence electrons. The number of nitrogens with two attached hydrogens (primary N) is 1. The third-order valence-electron chi connectivity index (χ3n) is 2.56. The predicted octanol–water partition coefficient (Wildman–Crippen LogP) is 0.575. The highest BCUT2D eigenvalue weighted by Crippen LogP contribution is 2.12. The summed E-state index contributed by atoms with van der Waals surface area (Å²) in [7, 11) is 1.54. The number of amides is 1. The van der Waals surface area contributed by atoms with Crippen molar-refractivity contribution in [3.63, 3.8) is 0 Å². The first kappa shape index (κ1) is 15.1. The largest absolute Gasteiger partial charge is 0.385 e. The Balaban J connectivity index is 2.50. The number of nitro benzene ring substituents is 1. The van der Waals surface area contributed by atoms with Crippen LogP contribution in [0.4, 0.5) is 5.69 Å². The van der Waals surface area contributed by atoms with Gasteiger partial charge in [-0.1, -0.05) is 12.1 Å². The molecule has 0 heterocycles. The number of non-ortho nitro benzene ring substituents is 1. The zero-order valence-corrected chi connectivity index (χ0v) is 10.7. The smallest absolute Gasteiger partial charge is 0.269 e. The standard InChI is InChI=1S/C12H17N3O4/c1-19-6-5-11(13)12(16)14-8-9-3-2-4-10(7-9)15(17)18/h2-4,7,11H,5-6,8,13H2,1H3,(H,14,16). The Kier molecular flexibility index (Phi) is 5.91. The molecule has 1 atom stereocenters. The first-order chi connectivity index (χ1) is 9.04. The zero-order chi connectivity index (χ0) is 14.3. The highest BCUT2D eigenvalue weighted by Gasteiger charge is 2.13. The molecule has 19 heavy (non-hydrogen) atoms. The van der Waals surface area contributed by atoms with Gasteiger partial charge in [-0.3, -0.25) is 14.9 Å². The van der Waals surface area contributed by atoms with Gasteiger partial charge in [0.05, 0.1) is 11.0 Å². The van der Waals surface area contributed by atoms with Crippen LogP contribution in [-0.2, 0) is 16.1 Å². The predicted molar refractivity (Wildman–Crippen MR) is 69.4 cm³/mol. The maximum Gasteiger partial charge on any atom is 0.269 e. The molecule has 1 unspecified atom stereocenters. The number of nitrogens with one attached hydrogen (secondary N) is 1. The monoisotopic (exact) mass is 267 g/mol. The van der Waals surface area contributed by atoms with Crippen LogP contribution in [0.2, 0.25) is 0 Å². The van der Waals surface area contributed by atoms with E-state index in [0.717, 1.165) is 0 Å². The lowest BCUT2D eigenvalue weighted by Crippen LogP contribution is -2.40. The molecule has 0 aromatic heterocycles. The van der Waals surface area contributed by atoms with Gasteiger partial charge in [0.1, 0.15) is 0 Å². The van der Waals surface area contributed by atoms with Crippen molar-refractivity contribution >= 4 is 11.6 Å².